The Labute approximate surface area is 209 Å². The fourth-order valence-electron chi connectivity index (χ4n) is 5.16. The Balaban J connectivity index is 1.28. The van der Waals surface area contributed by atoms with Gasteiger partial charge in [-0.1, -0.05) is 60.7 Å². The van der Waals surface area contributed by atoms with Crippen LogP contribution in [0.2, 0.25) is 0 Å². The number of likely N-dealkylation sites (tertiary alicyclic amines) is 1. The molecule has 0 bridgehead atoms. The minimum absolute atomic E-state index is 0.0686. The number of fused-ring (bicyclic) bond motifs is 3. The summed E-state index contributed by atoms with van der Waals surface area (Å²) < 4.78 is 28.7. The number of nitrogens with one attached hydrogen (secondary N) is 2. The summed E-state index contributed by atoms with van der Waals surface area (Å²) in [6.07, 6.45) is 1.69. The molecule has 1 fully saturated rings. The van der Waals surface area contributed by atoms with Gasteiger partial charge in [0.25, 0.3) is 5.56 Å². The van der Waals surface area contributed by atoms with Crippen LogP contribution in [0.1, 0.15) is 17.2 Å². The highest BCUT2D eigenvalue weighted by atomic mass is 32.2. The highest BCUT2D eigenvalue weighted by molar-refractivity contribution is 7.89. The molecule has 0 aliphatic carbocycles. The molecule has 3 aromatic carbocycles. The first-order chi connectivity index (χ1) is 17.4. The fraction of sp³-hybridized carbons (Fsp3) is 0.179. The molecule has 1 aliphatic heterocycles. The molecule has 0 amide bonds. The summed E-state index contributed by atoms with van der Waals surface area (Å²) in [6, 6.07) is 27.2. The zero-order valence-corrected chi connectivity index (χ0v) is 20.6. The molecule has 1 saturated heterocycles. The first kappa shape index (κ1) is 22.7. The number of hydrogen-bond acceptors (Lipinski definition) is 4. The van der Waals surface area contributed by atoms with E-state index in [1.165, 1.54) is 15.4 Å². The standard InChI is InChI=1S/C28H26N4O3S/c1-31(21-17-32(18-21)27(19-8-4-2-5-9-19)20-10-6-3-7-11-20)36(34,35)22-12-13-25-24(16-22)23-14-15-29-26(23)28(33)30-25/h2-16,21,27,29H,17-18H2,1H3,(H,30,33). The second-order valence-electron chi connectivity index (χ2n) is 9.28. The van der Waals surface area contributed by atoms with Gasteiger partial charge in [0.15, 0.2) is 0 Å². The molecular weight excluding hydrogens is 472 g/mol. The van der Waals surface area contributed by atoms with Gasteiger partial charge in [0, 0.05) is 42.6 Å². The molecule has 6 rings (SSSR count). The monoisotopic (exact) mass is 498 g/mol. The minimum Gasteiger partial charge on any atom is -0.357 e. The average molecular weight is 499 g/mol. The molecule has 5 aromatic rings. The first-order valence-electron chi connectivity index (χ1n) is 11.9. The lowest BCUT2D eigenvalue weighted by Crippen LogP contribution is -2.60. The third-order valence-corrected chi connectivity index (χ3v) is 9.09. The van der Waals surface area contributed by atoms with E-state index in [1.807, 2.05) is 36.4 Å². The maximum Gasteiger partial charge on any atom is 0.272 e. The van der Waals surface area contributed by atoms with E-state index in [4.69, 9.17) is 0 Å². The highest BCUT2D eigenvalue weighted by Gasteiger charge is 2.40. The van der Waals surface area contributed by atoms with Crippen molar-refractivity contribution < 1.29 is 8.42 Å². The van der Waals surface area contributed by atoms with E-state index in [2.05, 4.69) is 39.1 Å². The SMILES string of the molecule is CN(C1CN(C(c2ccccc2)c2ccccc2)C1)S(=O)(=O)c1ccc2[nH]c(=O)c3[nH]ccc3c2c1. The van der Waals surface area contributed by atoms with Crippen molar-refractivity contribution in [2.75, 3.05) is 20.1 Å². The molecule has 1 aliphatic rings. The Morgan fingerprint density at radius 3 is 2.17 bits per heavy atom. The van der Waals surface area contributed by atoms with Crippen molar-refractivity contribution in [3.63, 3.8) is 0 Å². The number of H-pyrrole nitrogens is 2. The van der Waals surface area contributed by atoms with Crippen LogP contribution in [0.25, 0.3) is 21.8 Å². The number of aromatic nitrogens is 2. The molecule has 36 heavy (non-hydrogen) atoms. The first-order valence-corrected chi connectivity index (χ1v) is 13.3. The van der Waals surface area contributed by atoms with Crippen LogP contribution >= 0.6 is 0 Å². The lowest BCUT2D eigenvalue weighted by molar-refractivity contribution is 0.0620. The number of likely N-dealkylation sites (N-methyl/N-ethyl adjacent to an activating group) is 1. The maximum absolute atomic E-state index is 13.6. The van der Waals surface area contributed by atoms with E-state index < -0.39 is 10.0 Å². The zero-order valence-electron chi connectivity index (χ0n) is 19.8. The number of rotatable bonds is 6. The van der Waals surface area contributed by atoms with Gasteiger partial charge < -0.3 is 9.97 Å². The summed E-state index contributed by atoms with van der Waals surface area (Å²) in [7, 11) is -2.07. The molecule has 7 nitrogen and oxygen atoms in total. The van der Waals surface area contributed by atoms with E-state index >= 15 is 0 Å². The second-order valence-corrected chi connectivity index (χ2v) is 11.3. The largest absolute Gasteiger partial charge is 0.357 e. The summed E-state index contributed by atoms with van der Waals surface area (Å²) in [5.74, 6) is 0. The van der Waals surface area contributed by atoms with Crippen LogP contribution in [-0.2, 0) is 10.0 Å². The molecular formula is C28H26N4O3S. The van der Waals surface area contributed by atoms with Crippen molar-refractivity contribution in [3.8, 4) is 0 Å². The quantitative estimate of drug-likeness (QED) is 0.369. The zero-order chi connectivity index (χ0) is 24.9. The Kier molecular flexibility index (Phi) is 5.52. The maximum atomic E-state index is 13.6. The molecule has 0 atom stereocenters. The van der Waals surface area contributed by atoms with Gasteiger partial charge in [-0.15, -0.1) is 0 Å². The molecule has 0 saturated carbocycles. The summed E-state index contributed by atoms with van der Waals surface area (Å²) in [5.41, 5.74) is 3.19. The molecule has 182 valence electrons. The van der Waals surface area contributed by atoms with Gasteiger partial charge in [-0.3, -0.25) is 9.69 Å². The Morgan fingerprint density at radius 1 is 0.889 bits per heavy atom. The van der Waals surface area contributed by atoms with Crippen LogP contribution in [0.15, 0.2) is 101 Å². The Hall–Kier alpha value is -3.72. The van der Waals surface area contributed by atoms with Gasteiger partial charge in [0.2, 0.25) is 10.0 Å². The number of benzene rings is 3. The summed E-state index contributed by atoms with van der Waals surface area (Å²) in [5, 5.41) is 1.40. The van der Waals surface area contributed by atoms with Crippen molar-refractivity contribution in [3.05, 3.63) is 113 Å². The van der Waals surface area contributed by atoms with Gasteiger partial charge in [0.05, 0.1) is 17.0 Å². The molecule has 8 heteroatoms. The van der Waals surface area contributed by atoms with Crippen LogP contribution in [0.3, 0.4) is 0 Å². The van der Waals surface area contributed by atoms with Gasteiger partial charge in [0.1, 0.15) is 5.52 Å². The van der Waals surface area contributed by atoms with Crippen molar-refractivity contribution in [2.24, 2.45) is 0 Å². The van der Waals surface area contributed by atoms with E-state index in [9.17, 15) is 13.2 Å². The normalized spacial score (nSPS) is 15.2. The number of hydrogen-bond donors (Lipinski definition) is 2. The molecule has 3 heterocycles. The third kappa shape index (κ3) is 3.74. The number of sulfonamides is 1. The number of nitrogens with zero attached hydrogens (tertiary/aromatic N) is 2. The lowest BCUT2D eigenvalue weighted by atomic mass is 9.93. The predicted molar refractivity (Wildman–Crippen MR) is 141 cm³/mol. The van der Waals surface area contributed by atoms with Crippen LogP contribution in [0, 0.1) is 0 Å². The van der Waals surface area contributed by atoms with E-state index in [0.717, 1.165) is 0 Å². The molecule has 0 radical (unpaired) electrons. The highest BCUT2D eigenvalue weighted by Crippen LogP contribution is 2.35. The summed E-state index contributed by atoms with van der Waals surface area (Å²) in [6.45, 7) is 1.26. The third-order valence-electron chi connectivity index (χ3n) is 7.18. The van der Waals surface area contributed by atoms with Crippen LogP contribution in [0.5, 0.6) is 0 Å². The number of pyridine rings is 1. The molecule has 0 unspecified atom stereocenters. The van der Waals surface area contributed by atoms with E-state index in [-0.39, 0.29) is 22.5 Å². The topological polar surface area (TPSA) is 89.3 Å². The molecule has 2 N–H and O–H groups in total. The smallest absolute Gasteiger partial charge is 0.272 e. The van der Waals surface area contributed by atoms with Crippen molar-refractivity contribution in [2.45, 2.75) is 17.0 Å². The van der Waals surface area contributed by atoms with Crippen LogP contribution in [0.4, 0.5) is 0 Å². The molecule has 0 spiro atoms. The van der Waals surface area contributed by atoms with Gasteiger partial charge in [-0.25, -0.2) is 8.42 Å². The Morgan fingerprint density at radius 2 is 1.53 bits per heavy atom. The van der Waals surface area contributed by atoms with E-state index in [0.29, 0.717) is 34.9 Å². The van der Waals surface area contributed by atoms with Crippen molar-refractivity contribution >= 4 is 31.8 Å². The molecule has 2 aromatic heterocycles. The van der Waals surface area contributed by atoms with E-state index in [1.54, 1.807) is 37.5 Å². The van der Waals surface area contributed by atoms with Crippen molar-refractivity contribution in [1.82, 2.24) is 19.2 Å². The Bertz CT molecular complexity index is 1670. The lowest BCUT2D eigenvalue weighted by Gasteiger charge is -2.47. The van der Waals surface area contributed by atoms with Crippen molar-refractivity contribution in [1.29, 1.82) is 0 Å². The van der Waals surface area contributed by atoms with Gasteiger partial charge in [-0.2, -0.15) is 4.31 Å². The van der Waals surface area contributed by atoms with Crippen LogP contribution in [-0.4, -0.2) is 53.8 Å². The minimum atomic E-state index is -3.73. The fourth-order valence-corrected chi connectivity index (χ4v) is 6.52. The summed E-state index contributed by atoms with van der Waals surface area (Å²) in [4.78, 5) is 20.5. The second kappa shape index (κ2) is 8.74. The number of aromatic amines is 2. The summed E-state index contributed by atoms with van der Waals surface area (Å²) >= 11 is 0. The van der Waals surface area contributed by atoms with Gasteiger partial charge >= 0.3 is 0 Å². The van der Waals surface area contributed by atoms with Crippen LogP contribution < -0.4 is 5.56 Å². The average Bonchev–Trinajstić information content (AvgIpc) is 3.38. The predicted octanol–water partition coefficient (Wildman–Crippen LogP) is 4.10. The van der Waals surface area contributed by atoms with Gasteiger partial charge in [-0.05, 0) is 35.4 Å².